The number of rotatable bonds is 4. The molecule has 0 aliphatic rings. The first-order valence-corrected chi connectivity index (χ1v) is 7.61. The number of nitrogens with one attached hydrogen (secondary N) is 1. The molecule has 7 heteroatoms. The van der Waals surface area contributed by atoms with Gasteiger partial charge in [0.2, 0.25) is 10.0 Å². The molecule has 0 saturated carbocycles. The maximum Gasteiger partial charge on any atom is 0.241 e. The Morgan fingerprint density at radius 1 is 1.10 bits per heavy atom. The molecule has 0 heterocycles. The third kappa shape index (κ3) is 3.37. The number of hydrogen-bond donors (Lipinski definition) is 2. The predicted molar refractivity (Wildman–Crippen MR) is 75.9 cm³/mol. The molecule has 0 spiro atoms. The normalized spacial score (nSPS) is 13.1. The molecule has 1 unspecified atom stereocenters. The van der Waals surface area contributed by atoms with E-state index >= 15 is 0 Å². The number of benzene rings is 2. The second-order valence-corrected chi connectivity index (χ2v) is 6.26. The number of nitrogens with two attached hydrogens (primary N) is 1. The number of hydrogen-bond acceptors (Lipinski definition) is 3. The van der Waals surface area contributed by atoms with Gasteiger partial charge in [0.25, 0.3) is 0 Å². The van der Waals surface area contributed by atoms with Gasteiger partial charge in [-0.05, 0) is 31.2 Å². The van der Waals surface area contributed by atoms with Crippen LogP contribution in [0.15, 0.2) is 47.4 Å². The summed E-state index contributed by atoms with van der Waals surface area (Å²) in [5, 5.41) is 0. The van der Waals surface area contributed by atoms with E-state index in [1.165, 1.54) is 31.2 Å². The minimum atomic E-state index is -3.98. The molecule has 3 N–H and O–H groups in total. The van der Waals surface area contributed by atoms with Crippen LogP contribution in [0.25, 0.3) is 0 Å². The van der Waals surface area contributed by atoms with Crippen molar-refractivity contribution >= 4 is 15.7 Å². The Labute approximate surface area is 121 Å². The minimum absolute atomic E-state index is 0.142. The van der Waals surface area contributed by atoms with Gasteiger partial charge >= 0.3 is 0 Å². The van der Waals surface area contributed by atoms with E-state index in [1.807, 2.05) is 0 Å². The zero-order valence-electron chi connectivity index (χ0n) is 11.2. The van der Waals surface area contributed by atoms with Crippen LogP contribution in [0.2, 0.25) is 0 Å². The fourth-order valence-electron chi connectivity index (χ4n) is 1.87. The molecule has 0 bridgehead atoms. The molecule has 0 amide bonds. The van der Waals surface area contributed by atoms with Crippen molar-refractivity contribution < 1.29 is 17.2 Å². The molecule has 0 fully saturated rings. The van der Waals surface area contributed by atoms with Crippen molar-refractivity contribution in [2.45, 2.75) is 17.9 Å². The maximum atomic E-state index is 13.6. The average Bonchev–Trinajstić information content (AvgIpc) is 2.41. The molecule has 2 rings (SSSR count). The van der Waals surface area contributed by atoms with Gasteiger partial charge in [0.05, 0.1) is 10.6 Å². The molecule has 0 aliphatic heterocycles. The van der Waals surface area contributed by atoms with E-state index in [0.29, 0.717) is 0 Å². The first-order chi connectivity index (χ1) is 9.81. The highest BCUT2D eigenvalue weighted by molar-refractivity contribution is 7.89. The van der Waals surface area contributed by atoms with Crippen molar-refractivity contribution in [1.29, 1.82) is 0 Å². The van der Waals surface area contributed by atoms with Gasteiger partial charge in [-0.1, -0.05) is 18.2 Å². The zero-order valence-corrected chi connectivity index (χ0v) is 12.0. The first kappa shape index (κ1) is 15.4. The Kier molecular flexibility index (Phi) is 4.24. The standard InChI is InChI=1S/C14H14F2N2O2S/c1-9(11-4-2-3-5-12(11)15)18-21(19,20)10-6-7-14(17)13(16)8-10/h2-9,18H,17H2,1H3. The summed E-state index contributed by atoms with van der Waals surface area (Å²) >= 11 is 0. The first-order valence-electron chi connectivity index (χ1n) is 6.13. The molecule has 4 nitrogen and oxygen atoms in total. The number of nitrogen functional groups attached to an aromatic ring is 1. The molecule has 112 valence electrons. The molecule has 1 atom stereocenters. The van der Waals surface area contributed by atoms with Crippen molar-refractivity contribution in [1.82, 2.24) is 4.72 Å². The Morgan fingerprint density at radius 2 is 1.76 bits per heavy atom. The van der Waals surface area contributed by atoms with Crippen molar-refractivity contribution in [3.8, 4) is 0 Å². The number of halogens is 2. The summed E-state index contributed by atoms with van der Waals surface area (Å²) in [6.07, 6.45) is 0. The summed E-state index contributed by atoms with van der Waals surface area (Å²) < 4.78 is 53.6. The van der Waals surface area contributed by atoms with Gasteiger partial charge in [-0.3, -0.25) is 0 Å². The summed E-state index contributed by atoms with van der Waals surface area (Å²) in [4.78, 5) is -0.266. The quantitative estimate of drug-likeness (QED) is 0.852. The van der Waals surface area contributed by atoms with Crippen LogP contribution in [-0.2, 0) is 10.0 Å². The fraction of sp³-hybridized carbons (Fsp3) is 0.143. The van der Waals surface area contributed by atoms with E-state index in [0.717, 1.165) is 12.1 Å². The SMILES string of the molecule is CC(NS(=O)(=O)c1ccc(N)c(F)c1)c1ccccc1F. The van der Waals surface area contributed by atoms with Crippen molar-refractivity contribution in [3.05, 3.63) is 59.7 Å². The fourth-order valence-corrected chi connectivity index (χ4v) is 3.10. The van der Waals surface area contributed by atoms with Crippen molar-refractivity contribution in [2.24, 2.45) is 0 Å². The van der Waals surface area contributed by atoms with E-state index in [-0.39, 0.29) is 16.1 Å². The topological polar surface area (TPSA) is 72.2 Å². The Bertz CT molecular complexity index is 763. The summed E-state index contributed by atoms with van der Waals surface area (Å²) in [6, 6.07) is 8.21. The molecule has 0 saturated heterocycles. The number of anilines is 1. The largest absolute Gasteiger partial charge is 0.396 e. The van der Waals surface area contributed by atoms with E-state index in [1.54, 1.807) is 6.07 Å². The molecular weight excluding hydrogens is 298 g/mol. The molecule has 21 heavy (non-hydrogen) atoms. The summed E-state index contributed by atoms with van der Waals surface area (Å²) in [5.74, 6) is -1.34. The van der Waals surface area contributed by atoms with E-state index in [9.17, 15) is 17.2 Å². The van der Waals surface area contributed by atoms with Crippen LogP contribution in [0.5, 0.6) is 0 Å². The Morgan fingerprint density at radius 3 is 2.38 bits per heavy atom. The van der Waals surface area contributed by atoms with Gasteiger partial charge in [-0.2, -0.15) is 0 Å². The van der Waals surface area contributed by atoms with Gasteiger partial charge < -0.3 is 5.73 Å². The second kappa shape index (κ2) is 5.79. The lowest BCUT2D eigenvalue weighted by Gasteiger charge is -2.15. The lowest BCUT2D eigenvalue weighted by Crippen LogP contribution is -2.27. The maximum absolute atomic E-state index is 13.6. The van der Waals surface area contributed by atoms with Crippen LogP contribution in [0.1, 0.15) is 18.5 Å². The molecule has 2 aromatic rings. The second-order valence-electron chi connectivity index (χ2n) is 4.55. The van der Waals surface area contributed by atoms with Crippen molar-refractivity contribution in [3.63, 3.8) is 0 Å². The van der Waals surface area contributed by atoms with Gasteiger partial charge in [0.1, 0.15) is 11.6 Å². The summed E-state index contributed by atoms with van der Waals surface area (Å²) in [6.45, 7) is 1.50. The third-order valence-corrected chi connectivity index (χ3v) is 4.52. The van der Waals surface area contributed by atoms with Crippen LogP contribution in [0.4, 0.5) is 14.5 Å². The van der Waals surface area contributed by atoms with Crippen LogP contribution in [0, 0.1) is 11.6 Å². The van der Waals surface area contributed by atoms with Crippen molar-refractivity contribution in [2.75, 3.05) is 5.73 Å². The average molecular weight is 312 g/mol. The Hall–Kier alpha value is -1.99. The monoisotopic (exact) mass is 312 g/mol. The third-order valence-electron chi connectivity index (χ3n) is 2.99. The molecule has 0 radical (unpaired) electrons. The molecule has 2 aromatic carbocycles. The van der Waals surface area contributed by atoms with E-state index < -0.39 is 27.7 Å². The summed E-state index contributed by atoms with van der Waals surface area (Å²) in [5.41, 5.74) is 5.37. The lowest BCUT2D eigenvalue weighted by molar-refractivity contribution is 0.548. The van der Waals surface area contributed by atoms with Crippen LogP contribution in [-0.4, -0.2) is 8.42 Å². The van der Waals surface area contributed by atoms with E-state index in [2.05, 4.69) is 4.72 Å². The molecule has 0 aliphatic carbocycles. The Balaban J connectivity index is 2.29. The summed E-state index contributed by atoms with van der Waals surface area (Å²) in [7, 11) is -3.98. The van der Waals surface area contributed by atoms with Crippen LogP contribution < -0.4 is 10.5 Å². The smallest absolute Gasteiger partial charge is 0.241 e. The zero-order chi connectivity index (χ0) is 15.6. The van der Waals surface area contributed by atoms with Crippen LogP contribution in [0.3, 0.4) is 0 Å². The predicted octanol–water partition coefficient (Wildman–Crippen LogP) is 2.59. The lowest BCUT2D eigenvalue weighted by atomic mass is 10.1. The highest BCUT2D eigenvalue weighted by atomic mass is 32.2. The van der Waals surface area contributed by atoms with Crippen LogP contribution >= 0.6 is 0 Å². The van der Waals surface area contributed by atoms with Gasteiger partial charge in [-0.15, -0.1) is 0 Å². The molecular formula is C14H14F2N2O2S. The highest BCUT2D eigenvalue weighted by Crippen LogP contribution is 2.21. The minimum Gasteiger partial charge on any atom is -0.396 e. The highest BCUT2D eigenvalue weighted by Gasteiger charge is 2.21. The van der Waals surface area contributed by atoms with E-state index in [4.69, 9.17) is 5.73 Å². The van der Waals surface area contributed by atoms with Gasteiger partial charge in [0, 0.05) is 11.6 Å². The van der Waals surface area contributed by atoms with Gasteiger partial charge in [0.15, 0.2) is 0 Å². The number of sulfonamides is 1. The van der Waals surface area contributed by atoms with Gasteiger partial charge in [-0.25, -0.2) is 21.9 Å². The molecule has 0 aromatic heterocycles.